The lowest BCUT2D eigenvalue weighted by molar-refractivity contribution is 1.33. The van der Waals surface area contributed by atoms with E-state index < -0.39 is 0 Å². The molecule has 0 amide bonds. The van der Waals surface area contributed by atoms with Gasteiger partial charge in [0.05, 0.1) is 0 Å². The van der Waals surface area contributed by atoms with Gasteiger partial charge in [-0.1, -0.05) is 110 Å². The highest BCUT2D eigenvalue weighted by molar-refractivity contribution is 6.12. The lowest BCUT2D eigenvalue weighted by Gasteiger charge is -2.17. The van der Waals surface area contributed by atoms with Crippen LogP contribution in [0.5, 0.6) is 0 Å². The Balaban J connectivity index is 0.000000659. The maximum Gasteiger partial charge on any atom is -0.00243 e. The maximum absolute atomic E-state index is 2.43. The minimum absolute atomic E-state index is 1.01. The summed E-state index contributed by atoms with van der Waals surface area (Å²) in [4.78, 5) is 0. The molecule has 184 valence electrons. The summed E-state index contributed by atoms with van der Waals surface area (Å²) < 4.78 is 0. The Hall–Kier alpha value is -2.60. The molecule has 5 rings (SSSR count). The number of hydrogen-bond donors (Lipinski definition) is 0. The van der Waals surface area contributed by atoms with Gasteiger partial charge in [0.2, 0.25) is 0 Å². The summed E-state index contributed by atoms with van der Waals surface area (Å²) in [5.41, 5.74) is 8.49. The highest BCUT2D eigenvalue weighted by Crippen LogP contribution is 2.34. The zero-order valence-corrected chi connectivity index (χ0v) is 24.0. The van der Waals surface area contributed by atoms with Gasteiger partial charge in [-0.25, -0.2) is 0 Å². The minimum Gasteiger partial charge on any atom is -0.0798 e. The Morgan fingerprint density at radius 2 is 1.21 bits per heavy atom. The van der Waals surface area contributed by atoms with E-state index in [9.17, 15) is 0 Å². The zero-order chi connectivity index (χ0) is 26.0. The second kappa shape index (κ2) is 14.0. The molecule has 0 aromatic heterocycles. The van der Waals surface area contributed by atoms with Crippen LogP contribution >= 0.6 is 0 Å². The van der Waals surface area contributed by atoms with E-state index in [4.69, 9.17) is 0 Å². The van der Waals surface area contributed by atoms with Gasteiger partial charge in [-0.3, -0.25) is 0 Å². The van der Waals surface area contributed by atoms with Gasteiger partial charge in [-0.05, 0) is 100 Å². The molecule has 0 heterocycles. The van der Waals surface area contributed by atoms with E-state index in [1.54, 1.807) is 0 Å². The van der Waals surface area contributed by atoms with Gasteiger partial charge in [0.25, 0.3) is 0 Å². The fourth-order valence-electron chi connectivity index (χ4n) is 5.05. The highest BCUT2D eigenvalue weighted by Gasteiger charge is 2.18. The van der Waals surface area contributed by atoms with Gasteiger partial charge in [-0.15, -0.1) is 0 Å². The molecule has 3 aromatic rings. The predicted octanol–water partition coefficient (Wildman–Crippen LogP) is 9.89. The average molecular weight is 457 g/mol. The van der Waals surface area contributed by atoms with Crippen LogP contribution in [0.4, 0.5) is 0 Å². The van der Waals surface area contributed by atoms with E-state index in [0.29, 0.717) is 0 Å². The molecule has 0 saturated carbocycles. The summed E-state index contributed by atoms with van der Waals surface area (Å²) in [5, 5.41) is 8.59. The van der Waals surface area contributed by atoms with Crippen molar-refractivity contribution < 1.29 is 0 Å². The zero-order valence-electron chi connectivity index (χ0n) is 24.0. The van der Waals surface area contributed by atoms with E-state index in [1.807, 2.05) is 55.4 Å². The first-order chi connectivity index (χ1) is 16.6. The van der Waals surface area contributed by atoms with Crippen molar-refractivity contribution >= 4 is 44.8 Å². The molecule has 0 unspecified atom stereocenters. The molecule has 0 heteroatoms. The third-order valence-corrected chi connectivity index (χ3v) is 6.22. The molecule has 0 bridgehead atoms. The first-order valence-electron chi connectivity index (χ1n) is 13.6. The molecule has 2 aliphatic carbocycles. The molecule has 2 aliphatic rings. The van der Waals surface area contributed by atoms with Crippen LogP contribution in [0.1, 0.15) is 104 Å². The Morgan fingerprint density at radius 1 is 0.618 bits per heavy atom. The summed E-state index contributed by atoms with van der Waals surface area (Å²) in [5.74, 6) is 0. The molecule has 0 atom stereocenters. The summed E-state index contributed by atoms with van der Waals surface area (Å²) in [6, 6.07) is 9.31. The minimum atomic E-state index is 1.01. The fraction of sp³-hybridized carbons (Fsp3) is 0.412. The third kappa shape index (κ3) is 5.22. The number of aryl methyl sites for hydroxylation is 2. The second-order valence-electron chi connectivity index (χ2n) is 7.90. The molecular weight excluding hydrogens is 408 g/mol. The van der Waals surface area contributed by atoms with Crippen molar-refractivity contribution in [2.45, 2.75) is 95.9 Å². The number of hydrogen-bond acceptors (Lipinski definition) is 0. The van der Waals surface area contributed by atoms with Gasteiger partial charge >= 0.3 is 0 Å². The van der Waals surface area contributed by atoms with E-state index in [-0.39, 0.29) is 0 Å². The molecular formula is C34H48. The van der Waals surface area contributed by atoms with Crippen molar-refractivity contribution in [3.8, 4) is 0 Å². The molecule has 0 aliphatic heterocycles. The van der Waals surface area contributed by atoms with Crippen LogP contribution in [0.15, 0.2) is 36.4 Å². The van der Waals surface area contributed by atoms with E-state index in [1.165, 1.54) is 65.4 Å². The van der Waals surface area contributed by atoms with Crippen molar-refractivity contribution in [1.82, 2.24) is 0 Å². The molecule has 3 aromatic carbocycles. The topological polar surface area (TPSA) is 0 Å². The average Bonchev–Trinajstić information content (AvgIpc) is 3.18. The van der Waals surface area contributed by atoms with Gasteiger partial charge < -0.3 is 0 Å². The van der Waals surface area contributed by atoms with Gasteiger partial charge in [-0.2, -0.15) is 0 Å². The smallest absolute Gasteiger partial charge is 0.00243 e. The molecule has 0 spiro atoms. The fourth-order valence-corrected chi connectivity index (χ4v) is 5.05. The van der Waals surface area contributed by atoms with Crippen LogP contribution in [-0.4, -0.2) is 0 Å². The van der Waals surface area contributed by atoms with Crippen molar-refractivity contribution in [3.05, 3.63) is 69.1 Å². The van der Waals surface area contributed by atoms with Crippen LogP contribution in [0.2, 0.25) is 0 Å². The van der Waals surface area contributed by atoms with Crippen molar-refractivity contribution in [2.24, 2.45) is 0 Å². The van der Waals surface area contributed by atoms with E-state index in [2.05, 4.69) is 76.3 Å². The Labute approximate surface area is 209 Å². The first-order valence-corrected chi connectivity index (χ1v) is 13.6. The largest absolute Gasteiger partial charge is 0.0798 e. The number of allylic oxidation sites excluding steroid dienone is 3. The van der Waals surface area contributed by atoms with Crippen molar-refractivity contribution in [2.75, 3.05) is 0 Å². The lowest BCUT2D eigenvalue weighted by atomic mass is 9.87. The number of benzene rings is 3. The molecule has 0 radical (unpaired) electrons. The van der Waals surface area contributed by atoms with E-state index in [0.717, 1.165) is 12.8 Å². The number of rotatable bonds is 0. The monoisotopic (exact) mass is 456 g/mol. The van der Waals surface area contributed by atoms with Crippen molar-refractivity contribution in [1.29, 1.82) is 0 Å². The highest BCUT2D eigenvalue weighted by atomic mass is 14.2. The van der Waals surface area contributed by atoms with Crippen LogP contribution in [0.25, 0.3) is 44.8 Å². The molecule has 0 N–H and O–H groups in total. The molecule has 34 heavy (non-hydrogen) atoms. The van der Waals surface area contributed by atoms with Crippen LogP contribution in [0, 0.1) is 13.8 Å². The molecule has 0 saturated heterocycles. The predicted molar refractivity (Wildman–Crippen MR) is 161 cm³/mol. The van der Waals surface area contributed by atoms with Gasteiger partial charge in [0.15, 0.2) is 0 Å². The third-order valence-electron chi connectivity index (χ3n) is 6.22. The Bertz CT molecular complexity index is 1290. The first kappa shape index (κ1) is 29.4. The van der Waals surface area contributed by atoms with Crippen LogP contribution in [-0.2, 0) is 0 Å². The van der Waals surface area contributed by atoms with Gasteiger partial charge in [0, 0.05) is 0 Å². The second-order valence-corrected chi connectivity index (χ2v) is 7.90. The molecule has 0 fully saturated rings. The summed E-state index contributed by atoms with van der Waals surface area (Å²) in [6.07, 6.45) is 11.6. The van der Waals surface area contributed by atoms with Crippen LogP contribution in [0.3, 0.4) is 0 Å². The standard InChI is InChI=1S/C26H24.4C2H6/c1-15-7-5-9-19-22-14-12-18(4)24-16(2)8-6-10-20(26(22)24)21-13-11-17(3)23(15)25(19)21;4*1-2/h5,8-14H,6-7H2,1-4H3;4*1-2H3. The Morgan fingerprint density at radius 3 is 1.85 bits per heavy atom. The Kier molecular flexibility index (Phi) is 12.1. The maximum atomic E-state index is 2.43. The quantitative estimate of drug-likeness (QED) is 0.295. The van der Waals surface area contributed by atoms with E-state index >= 15 is 0 Å². The SMILES string of the molecule is CC.CC.CC.CC.CC1=CCC=c2c3ccc(C)c4c3c(c3ccc(C)c1c23)C=CCC=4C. The molecule has 0 nitrogen and oxygen atoms in total. The summed E-state index contributed by atoms with van der Waals surface area (Å²) in [6.45, 7) is 25.1. The summed E-state index contributed by atoms with van der Waals surface area (Å²) >= 11 is 0. The summed E-state index contributed by atoms with van der Waals surface area (Å²) in [7, 11) is 0. The van der Waals surface area contributed by atoms with Gasteiger partial charge in [0.1, 0.15) is 0 Å². The number of fused-ring (bicyclic) bond motifs is 2. The van der Waals surface area contributed by atoms with Crippen molar-refractivity contribution in [3.63, 3.8) is 0 Å². The van der Waals surface area contributed by atoms with Crippen LogP contribution < -0.4 is 10.4 Å². The lowest BCUT2D eigenvalue weighted by Crippen LogP contribution is -2.17. The normalized spacial score (nSPS) is 12.7.